The molecule has 2 aromatic rings. The predicted octanol–water partition coefficient (Wildman–Crippen LogP) is -1.17. The summed E-state index contributed by atoms with van der Waals surface area (Å²) in [5.74, 6) is 0.708. The first kappa shape index (κ1) is 14.9. The smallest absolute Gasteiger partial charge is 0.204 e. The number of piperidine rings is 1. The van der Waals surface area contributed by atoms with Crippen molar-refractivity contribution in [2.75, 3.05) is 19.6 Å². The maximum atomic E-state index is 4.43. The van der Waals surface area contributed by atoms with E-state index in [1.807, 2.05) is 30.3 Å². The quantitative estimate of drug-likeness (QED) is 0.713. The zero-order valence-corrected chi connectivity index (χ0v) is 12.2. The highest BCUT2D eigenvalue weighted by atomic mass is 35.5. The number of hydrogen-bond donors (Lipinski definition) is 0. The van der Waals surface area contributed by atoms with Crippen molar-refractivity contribution in [3.05, 3.63) is 30.3 Å². The van der Waals surface area contributed by atoms with Gasteiger partial charge in [-0.25, -0.2) is 0 Å². The van der Waals surface area contributed by atoms with Gasteiger partial charge in [-0.15, -0.1) is 10.2 Å². The van der Waals surface area contributed by atoms with Crippen molar-refractivity contribution in [3.8, 4) is 11.4 Å². The van der Waals surface area contributed by atoms with Gasteiger partial charge in [-0.3, -0.25) is 0 Å². The molecule has 3 rings (SSSR count). The summed E-state index contributed by atoms with van der Waals surface area (Å²) in [6.07, 6.45) is 4.01. The van der Waals surface area contributed by atoms with Crippen LogP contribution >= 0.6 is 0 Å². The number of tetrazole rings is 1. The van der Waals surface area contributed by atoms with Gasteiger partial charge in [-0.1, -0.05) is 36.8 Å². The minimum absolute atomic E-state index is 0. The number of benzene rings is 1. The van der Waals surface area contributed by atoms with Crippen LogP contribution in [0.3, 0.4) is 0 Å². The highest BCUT2D eigenvalue weighted by molar-refractivity contribution is 5.52. The first-order valence-electron chi connectivity index (χ1n) is 6.97. The second-order valence-electron chi connectivity index (χ2n) is 4.98. The van der Waals surface area contributed by atoms with Gasteiger partial charge in [0, 0.05) is 12.1 Å². The third-order valence-electron chi connectivity index (χ3n) is 3.55. The molecule has 2 heterocycles. The van der Waals surface area contributed by atoms with E-state index in [9.17, 15) is 0 Å². The average Bonchev–Trinajstić information content (AvgIpc) is 2.96. The molecule has 0 N–H and O–H groups in total. The maximum Gasteiger partial charge on any atom is 0.204 e. The fraction of sp³-hybridized carbons (Fsp3) is 0.500. The van der Waals surface area contributed by atoms with Crippen molar-refractivity contribution in [2.45, 2.75) is 25.8 Å². The molecule has 20 heavy (non-hydrogen) atoms. The summed E-state index contributed by atoms with van der Waals surface area (Å²) in [6.45, 7) is 4.25. The van der Waals surface area contributed by atoms with Gasteiger partial charge >= 0.3 is 0 Å². The molecule has 0 saturated carbocycles. The molecule has 0 aliphatic carbocycles. The van der Waals surface area contributed by atoms with Crippen LogP contribution in [0.15, 0.2) is 30.3 Å². The van der Waals surface area contributed by atoms with Gasteiger partial charge < -0.3 is 17.3 Å². The van der Waals surface area contributed by atoms with Gasteiger partial charge in [-0.05, 0) is 31.1 Å². The molecule has 1 aromatic carbocycles. The maximum absolute atomic E-state index is 4.43. The van der Waals surface area contributed by atoms with E-state index in [1.165, 1.54) is 32.4 Å². The fourth-order valence-corrected chi connectivity index (χ4v) is 2.45. The molecule has 0 radical (unpaired) electrons. The van der Waals surface area contributed by atoms with E-state index in [1.54, 1.807) is 4.80 Å². The second kappa shape index (κ2) is 7.36. The lowest BCUT2D eigenvalue weighted by Gasteiger charge is -2.25. The Morgan fingerprint density at radius 1 is 0.950 bits per heavy atom. The van der Waals surface area contributed by atoms with Crippen LogP contribution in [-0.2, 0) is 6.54 Å². The molecule has 1 saturated heterocycles. The minimum Gasteiger partial charge on any atom is -1.00 e. The molecule has 0 spiro atoms. The molecule has 0 atom stereocenters. The highest BCUT2D eigenvalue weighted by Crippen LogP contribution is 2.12. The van der Waals surface area contributed by atoms with Crippen LogP contribution in [0.25, 0.3) is 11.4 Å². The molecule has 1 fully saturated rings. The summed E-state index contributed by atoms with van der Waals surface area (Å²) >= 11 is 0. The first-order valence-corrected chi connectivity index (χ1v) is 6.97. The van der Waals surface area contributed by atoms with Crippen LogP contribution in [0.4, 0.5) is 0 Å². The van der Waals surface area contributed by atoms with Gasteiger partial charge in [0.15, 0.2) is 0 Å². The van der Waals surface area contributed by atoms with Crippen LogP contribution in [0, 0.1) is 0 Å². The Morgan fingerprint density at radius 3 is 2.45 bits per heavy atom. The molecule has 108 valence electrons. The zero-order chi connectivity index (χ0) is 12.9. The van der Waals surface area contributed by atoms with Crippen molar-refractivity contribution in [2.24, 2.45) is 0 Å². The lowest BCUT2D eigenvalue weighted by Crippen LogP contribution is -3.00. The van der Waals surface area contributed by atoms with E-state index in [-0.39, 0.29) is 12.4 Å². The number of rotatable bonds is 4. The average molecular weight is 293 g/mol. The SMILES string of the molecule is [Cl-].c1ccc(-c2nnn(CCN3CCCCC3)n2)cc1. The summed E-state index contributed by atoms with van der Waals surface area (Å²) in [5, 5.41) is 12.7. The Morgan fingerprint density at radius 2 is 1.70 bits per heavy atom. The van der Waals surface area contributed by atoms with Gasteiger partial charge in [0.05, 0.1) is 6.54 Å². The largest absolute Gasteiger partial charge is 1.00 e. The minimum atomic E-state index is 0. The van der Waals surface area contributed by atoms with Crippen LogP contribution in [0.1, 0.15) is 19.3 Å². The molecule has 5 nitrogen and oxygen atoms in total. The van der Waals surface area contributed by atoms with Crippen molar-refractivity contribution in [3.63, 3.8) is 0 Å². The summed E-state index contributed by atoms with van der Waals surface area (Å²) in [5.41, 5.74) is 1.02. The van der Waals surface area contributed by atoms with Crippen LogP contribution in [-0.4, -0.2) is 44.7 Å². The molecule has 0 bridgehead atoms. The Hall–Kier alpha value is -1.46. The van der Waals surface area contributed by atoms with Crippen LogP contribution in [0.2, 0.25) is 0 Å². The lowest BCUT2D eigenvalue weighted by molar-refractivity contribution is -0.00000411. The normalized spacial score (nSPS) is 15.8. The fourth-order valence-electron chi connectivity index (χ4n) is 2.45. The van der Waals surface area contributed by atoms with Gasteiger partial charge in [0.25, 0.3) is 0 Å². The first-order chi connectivity index (χ1) is 9.42. The van der Waals surface area contributed by atoms with Crippen molar-refractivity contribution >= 4 is 0 Å². The lowest BCUT2D eigenvalue weighted by atomic mass is 10.1. The van der Waals surface area contributed by atoms with Gasteiger partial charge in [0.2, 0.25) is 5.82 Å². The van der Waals surface area contributed by atoms with E-state index in [2.05, 4.69) is 20.3 Å². The summed E-state index contributed by atoms with van der Waals surface area (Å²) in [7, 11) is 0. The van der Waals surface area contributed by atoms with Crippen LogP contribution in [0.5, 0.6) is 0 Å². The van der Waals surface area contributed by atoms with Crippen molar-refractivity contribution in [1.82, 2.24) is 25.1 Å². The topological polar surface area (TPSA) is 46.8 Å². The number of hydrogen-bond acceptors (Lipinski definition) is 4. The highest BCUT2D eigenvalue weighted by Gasteiger charge is 2.11. The predicted molar refractivity (Wildman–Crippen MR) is 73.5 cm³/mol. The number of nitrogens with zero attached hydrogens (tertiary/aromatic N) is 5. The van der Waals surface area contributed by atoms with Crippen LogP contribution < -0.4 is 12.4 Å². The number of halogens is 1. The Bertz CT molecular complexity index is 507. The van der Waals surface area contributed by atoms with Crippen molar-refractivity contribution in [1.29, 1.82) is 0 Å². The van der Waals surface area contributed by atoms with Gasteiger partial charge in [-0.2, -0.15) is 4.80 Å². The monoisotopic (exact) mass is 292 g/mol. The molecule has 0 amide bonds. The van der Waals surface area contributed by atoms with Crippen molar-refractivity contribution < 1.29 is 12.4 Å². The van der Waals surface area contributed by atoms with E-state index in [4.69, 9.17) is 0 Å². The molecule has 1 aliphatic rings. The third kappa shape index (κ3) is 3.77. The number of likely N-dealkylation sites (tertiary alicyclic amines) is 1. The molecular weight excluding hydrogens is 274 g/mol. The second-order valence-corrected chi connectivity index (χ2v) is 4.98. The summed E-state index contributed by atoms with van der Waals surface area (Å²) in [4.78, 5) is 4.19. The Labute approximate surface area is 125 Å². The Balaban J connectivity index is 0.00000147. The molecule has 6 heteroatoms. The van der Waals surface area contributed by atoms with Gasteiger partial charge in [0.1, 0.15) is 0 Å². The summed E-state index contributed by atoms with van der Waals surface area (Å²) in [6, 6.07) is 9.98. The molecule has 1 aromatic heterocycles. The standard InChI is InChI=1S/C14H19N5.ClH/c1-3-7-13(8-4-1)14-15-17-19(16-14)12-11-18-9-5-2-6-10-18;/h1,3-4,7-8H,2,5-6,9-12H2;1H/p-1. The Kier molecular flexibility index (Phi) is 5.49. The van der Waals surface area contributed by atoms with E-state index < -0.39 is 0 Å². The zero-order valence-electron chi connectivity index (χ0n) is 11.5. The summed E-state index contributed by atoms with van der Waals surface area (Å²) < 4.78 is 0. The van der Waals surface area contributed by atoms with E-state index in [0.717, 1.165) is 18.7 Å². The van der Waals surface area contributed by atoms with E-state index >= 15 is 0 Å². The molecule has 1 aliphatic heterocycles. The molecular formula is C14H19ClN5-. The number of aromatic nitrogens is 4. The molecule has 0 unspecified atom stereocenters. The third-order valence-corrected chi connectivity index (χ3v) is 3.55. The van der Waals surface area contributed by atoms with E-state index in [0.29, 0.717) is 5.82 Å².